The second-order valence-electron chi connectivity index (χ2n) is 3.66. The van der Waals surface area contributed by atoms with E-state index in [1.165, 1.54) is 6.07 Å². The highest BCUT2D eigenvalue weighted by Gasteiger charge is 2.15. The Kier molecular flexibility index (Phi) is 3.50. The minimum Gasteiger partial charge on any atom is -0.397 e. The Labute approximate surface area is 113 Å². The molecule has 0 aliphatic rings. The maximum absolute atomic E-state index is 13.9. The van der Waals surface area contributed by atoms with Crippen LogP contribution in [0.5, 0.6) is 0 Å². The molecule has 94 valence electrons. The first-order chi connectivity index (χ1) is 8.50. The fourth-order valence-corrected chi connectivity index (χ4v) is 1.82. The zero-order chi connectivity index (χ0) is 13.3. The molecule has 0 radical (unpaired) electrons. The minimum absolute atomic E-state index is 0.0577. The fourth-order valence-electron chi connectivity index (χ4n) is 1.49. The third-order valence-corrected chi connectivity index (χ3v) is 3.11. The molecule has 18 heavy (non-hydrogen) atoms. The summed E-state index contributed by atoms with van der Waals surface area (Å²) in [6, 6.07) is 8.30. The van der Waals surface area contributed by atoms with Gasteiger partial charge in [0, 0.05) is 0 Å². The summed E-state index contributed by atoms with van der Waals surface area (Å²) in [6.45, 7) is 0. The Balaban J connectivity index is 2.47. The molecular weight excluding hydrogens is 276 g/mol. The van der Waals surface area contributed by atoms with Gasteiger partial charge in [-0.3, -0.25) is 0 Å². The maximum atomic E-state index is 13.9. The largest absolute Gasteiger partial charge is 0.397 e. The van der Waals surface area contributed by atoms with Gasteiger partial charge in [0.1, 0.15) is 5.02 Å². The van der Waals surface area contributed by atoms with Gasteiger partial charge in [-0.1, -0.05) is 35.3 Å². The highest BCUT2D eigenvalue weighted by atomic mass is 35.5. The van der Waals surface area contributed by atoms with E-state index in [1.54, 1.807) is 24.3 Å². The van der Waals surface area contributed by atoms with Gasteiger partial charge in [-0.25, -0.2) is 4.39 Å². The summed E-state index contributed by atoms with van der Waals surface area (Å²) in [6.07, 6.45) is 0. The summed E-state index contributed by atoms with van der Waals surface area (Å²) >= 11 is 11.7. The van der Waals surface area contributed by atoms with Crippen molar-refractivity contribution in [2.24, 2.45) is 0 Å². The Morgan fingerprint density at radius 1 is 1.06 bits per heavy atom. The standard InChI is InChI=1S/C12H10Cl2FN3/c13-6-3-1-2-4-9(6)18-12-8(17)5-7(16)10(14)11(12)15/h1-5,18H,16-17H2. The second kappa shape index (κ2) is 4.92. The summed E-state index contributed by atoms with van der Waals surface area (Å²) in [7, 11) is 0. The molecule has 0 amide bonds. The predicted molar refractivity (Wildman–Crippen MR) is 75.0 cm³/mol. The molecule has 3 nitrogen and oxygen atoms in total. The molecule has 0 spiro atoms. The highest BCUT2D eigenvalue weighted by Crippen LogP contribution is 2.36. The monoisotopic (exact) mass is 285 g/mol. The van der Waals surface area contributed by atoms with Crippen LogP contribution in [0.3, 0.4) is 0 Å². The zero-order valence-electron chi connectivity index (χ0n) is 9.18. The maximum Gasteiger partial charge on any atom is 0.169 e. The molecule has 0 heterocycles. The molecular formula is C12H10Cl2FN3. The van der Waals surface area contributed by atoms with E-state index in [1.807, 2.05) is 0 Å². The smallest absolute Gasteiger partial charge is 0.169 e. The number of rotatable bonds is 2. The number of hydrogen-bond acceptors (Lipinski definition) is 3. The van der Waals surface area contributed by atoms with Gasteiger partial charge in [-0.2, -0.15) is 0 Å². The summed E-state index contributed by atoms with van der Waals surface area (Å²) in [5.74, 6) is -0.700. The zero-order valence-corrected chi connectivity index (χ0v) is 10.7. The van der Waals surface area contributed by atoms with E-state index in [9.17, 15) is 4.39 Å². The van der Waals surface area contributed by atoms with Crippen molar-refractivity contribution in [2.75, 3.05) is 16.8 Å². The van der Waals surface area contributed by atoms with Crippen molar-refractivity contribution in [1.29, 1.82) is 0 Å². The van der Waals surface area contributed by atoms with E-state index >= 15 is 0 Å². The van der Waals surface area contributed by atoms with Crippen LogP contribution in [0.25, 0.3) is 0 Å². The van der Waals surface area contributed by atoms with Crippen molar-refractivity contribution >= 4 is 46.0 Å². The van der Waals surface area contributed by atoms with Crippen molar-refractivity contribution in [1.82, 2.24) is 0 Å². The van der Waals surface area contributed by atoms with Crippen molar-refractivity contribution in [3.05, 3.63) is 46.2 Å². The summed E-state index contributed by atoms with van der Waals surface area (Å²) in [5.41, 5.74) is 12.1. The fraction of sp³-hybridized carbons (Fsp3) is 0. The normalized spacial score (nSPS) is 10.4. The second-order valence-corrected chi connectivity index (χ2v) is 4.45. The van der Waals surface area contributed by atoms with Gasteiger partial charge in [-0.15, -0.1) is 0 Å². The van der Waals surface area contributed by atoms with Gasteiger partial charge >= 0.3 is 0 Å². The van der Waals surface area contributed by atoms with E-state index in [0.717, 1.165) is 0 Å². The third-order valence-electron chi connectivity index (χ3n) is 2.40. The molecule has 0 saturated heterocycles. The van der Waals surface area contributed by atoms with E-state index in [2.05, 4.69) is 5.32 Å². The molecule has 6 heteroatoms. The van der Waals surface area contributed by atoms with Crippen LogP contribution < -0.4 is 16.8 Å². The van der Waals surface area contributed by atoms with Crippen LogP contribution in [-0.4, -0.2) is 0 Å². The van der Waals surface area contributed by atoms with E-state index in [-0.39, 0.29) is 22.1 Å². The topological polar surface area (TPSA) is 64.1 Å². The van der Waals surface area contributed by atoms with Gasteiger partial charge in [-0.05, 0) is 18.2 Å². The predicted octanol–water partition coefficient (Wildman–Crippen LogP) is 4.04. The Bertz CT molecular complexity index is 602. The number of anilines is 4. The van der Waals surface area contributed by atoms with Crippen LogP contribution in [0.4, 0.5) is 27.1 Å². The molecule has 2 rings (SSSR count). The first-order valence-electron chi connectivity index (χ1n) is 5.05. The average Bonchev–Trinajstić information content (AvgIpc) is 2.34. The van der Waals surface area contributed by atoms with Gasteiger partial charge < -0.3 is 16.8 Å². The molecule has 0 aliphatic heterocycles. The lowest BCUT2D eigenvalue weighted by molar-refractivity contribution is 0.633. The first kappa shape index (κ1) is 12.8. The number of hydrogen-bond donors (Lipinski definition) is 3. The van der Waals surface area contributed by atoms with Crippen LogP contribution in [0.2, 0.25) is 10.0 Å². The molecule has 0 aromatic heterocycles. The van der Waals surface area contributed by atoms with E-state index < -0.39 is 5.82 Å². The van der Waals surface area contributed by atoms with Crippen molar-refractivity contribution < 1.29 is 4.39 Å². The van der Waals surface area contributed by atoms with Gasteiger partial charge in [0.2, 0.25) is 0 Å². The average molecular weight is 286 g/mol. The Morgan fingerprint density at radius 3 is 2.39 bits per heavy atom. The third kappa shape index (κ3) is 2.30. The number of benzene rings is 2. The Hall–Kier alpha value is -1.65. The molecule has 0 fully saturated rings. The summed E-state index contributed by atoms with van der Waals surface area (Å²) < 4.78 is 13.9. The lowest BCUT2D eigenvalue weighted by Crippen LogP contribution is -2.02. The summed E-state index contributed by atoms with van der Waals surface area (Å²) in [4.78, 5) is 0. The quantitative estimate of drug-likeness (QED) is 0.730. The van der Waals surface area contributed by atoms with Gasteiger partial charge in [0.25, 0.3) is 0 Å². The highest BCUT2D eigenvalue weighted by molar-refractivity contribution is 6.34. The summed E-state index contributed by atoms with van der Waals surface area (Å²) in [5, 5.41) is 3.09. The molecule has 0 saturated carbocycles. The van der Waals surface area contributed by atoms with E-state index in [0.29, 0.717) is 10.7 Å². The van der Waals surface area contributed by atoms with Gasteiger partial charge in [0.05, 0.1) is 27.8 Å². The van der Waals surface area contributed by atoms with E-state index in [4.69, 9.17) is 34.7 Å². The van der Waals surface area contributed by atoms with Crippen LogP contribution in [0, 0.1) is 5.82 Å². The molecule has 2 aromatic rings. The number of nitrogens with two attached hydrogens (primary N) is 2. The van der Waals surface area contributed by atoms with Crippen molar-refractivity contribution in [3.8, 4) is 0 Å². The van der Waals surface area contributed by atoms with Crippen LogP contribution in [0.1, 0.15) is 0 Å². The van der Waals surface area contributed by atoms with Gasteiger partial charge in [0.15, 0.2) is 5.82 Å². The minimum atomic E-state index is -0.700. The molecule has 0 unspecified atom stereocenters. The number of nitrogens with one attached hydrogen (secondary N) is 1. The first-order valence-corrected chi connectivity index (χ1v) is 5.80. The Morgan fingerprint density at radius 2 is 1.72 bits per heavy atom. The lowest BCUT2D eigenvalue weighted by atomic mass is 10.2. The molecule has 0 bridgehead atoms. The number of nitrogen functional groups attached to an aromatic ring is 2. The van der Waals surface area contributed by atoms with Crippen LogP contribution >= 0.6 is 23.2 Å². The molecule has 5 N–H and O–H groups in total. The number of para-hydroxylation sites is 1. The lowest BCUT2D eigenvalue weighted by Gasteiger charge is -2.13. The van der Waals surface area contributed by atoms with Crippen LogP contribution in [-0.2, 0) is 0 Å². The SMILES string of the molecule is Nc1cc(N)c(Nc2ccccc2Cl)c(F)c1Cl. The van der Waals surface area contributed by atoms with Crippen molar-refractivity contribution in [2.45, 2.75) is 0 Å². The molecule has 0 atom stereocenters. The number of halogens is 3. The molecule has 0 aliphatic carbocycles. The molecule has 2 aromatic carbocycles. The van der Waals surface area contributed by atoms with Crippen LogP contribution in [0.15, 0.2) is 30.3 Å². The van der Waals surface area contributed by atoms with Crippen molar-refractivity contribution in [3.63, 3.8) is 0 Å².